The van der Waals surface area contributed by atoms with E-state index >= 15 is 0 Å². The normalized spacial score (nSPS) is 20.9. The van der Waals surface area contributed by atoms with Gasteiger partial charge < -0.3 is 14.4 Å². The number of nitrogens with zero attached hydrogens (tertiary/aromatic N) is 1. The maximum Gasteiger partial charge on any atom is 0.225 e. The highest BCUT2D eigenvalue weighted by Crippen LogP contribution is 2.27. The molecule has 1 atom stereocenters. The predicted octanol–water partition coefficient (Wildman–Crippen LogP) is 2.83. The Balaban J connectivity index is 1.75. The Kier molecular flexibility index (Phi) is 4.65. The molecule has 0 saturated carbocycles. The molecule has 4 heteroatoms. The number of carbonyl (C=O) groups is 1. The number of rotatable bonds is 5. The van der Waals surface area contributed by atoms with Crippen molar-refractivity contribution in [3.05, 3.63) is 30.3 Å². The smallest absolute Gasteiger partial charge is 0.225 e. The van der Waals surface area contributed by atoms with Gasteiger partial charge in [-0.25, -0.2) is 0 Å². The molecule has 1 aromatic rings. The van der Waals surface area contributed by atoms with Gasteiger partial charge in [0.05, 0.1) is 18.8 Å². The average Bonchev–Trinajstić information content (AvgIpc) is 2.70. The van der Waals surface area contributed by atoms with Crippen LogP contribution in [0.3, 0.4) is 0 Å². The van der Waals surface area contributed by atoms with E-state index in [1.165, 1.54) is 0 Å². The predicted molar refractivity (Wildman–Crippen MR) is 77.5 cm³/mol. The summed E-state index contributed by atoms with van der Waals surface area (Å²) in [6.45, 7) is 7.15. The average molecular weight is 277 g/mol. The summed E-state index contributed by atoms with van der Waals surface area (Å²) in [6.07, 6.45) is 1.07. The van der Waals surface area contributed by atoms with Crippen LogP contribution in [0.2, 0.25) is 0 Å². The standard InChI is InChI=1S/C16H23NO3/c1-13-17(16(2,3)12-20-13)15(18)10-7-11-19-14-8-5-4-6-9-14/h4-6,8-9,13H,7,10-12H2,1-3H3. The van der Waals surface area contributed by atoms with E-state index in [1.54, 1.807) is 0 Å². The third kappa shape index (κ3) is 3.51. The maximum absolute atomic E-state index is 12.3. The minimum Gasteiger partial charge on any atom is -0.494 e. The lowest BCUT2D eigenvalue weighted by Gasteiger charge is -2.32. The van der Waals surface area contributed by atoms with Crippen molar-refractivity contribution in [3.8, 4) is 5.75 Å². The summed E-state index contributed by atoms with van der Waals surface area (Å²) < 4.78 is 11.1. The maximum atomic E-state index is 12.3. The lowest BCUT2D eigenvalue weighted by molar-refractivity contribution is -0.139. The van der Waals surface area contributed by atoms with E-state index < -0.39 is 0 Å². The molecule has 20 heavy (non-hydrogen) atoms. The van der Waals surface area contributed by atoms with E-state index in [2.05, 4.69) is 0 Å². The molecule has 1 aliphatic rings. The topological polar surface area (TPSA) is 38.8 Å². The van der Waals surface area contributed by atoms with Gasteiger partial charge in [0.25, 0.3) is 0 Å². The molecule has 1 amide bonds. The van der Waals surface area contributed by atoms with Crippen molar-refractivity contribution in [1.29, 1.82) is 0 Å². The van der Waals surface area contributed by atoms with Gasteiger partial charge in [-0.05, 0) is 39.3 Å². The number of hydrogen-bond acceptors (Lipinski definition) is 3. The first kappa shape index (κ1) is 14.9. The van der Waals surface area contributed by atoms with Crippen LogP contribution in [-0.2, 0) is 9.53 Å². The van der Waals surface area contributed by atoms with Crippen LogP contribution in [0.1, 0.15) is 33.6 Å². The van der Waals surface area contributed by atoms with Gasteiger partial charge in [-0.15, -0.1) is 0 Å². The van der Waals surface area contributed by atoms with Crippen molar-refractivity contribution < 1.29 is 14.3 Å². The van der Waals surface area contributed by atoms with E-state index in [0.29, 0.717) is 26.1 Å². The summed E-state index contributed by atoms with van der Waals surface area (Å²) in [5.74, 6) is 0.981. The summed E-state index contributed by atoms with van der Waals surface area (Å²) in [5, 5.41) is 0. The summed E-state index contributed by atoms with van der Waals surface area (Å²) in [4.78, 5) is 14.1. The number of amides is 1. The van der Waals surface area contributed by atoms with Crippen LogP contribution in [0.15, 0.2) is 30.3 Å². The molecule has 2 rings (SSSR count). The molecule has 1 saturated heterocycles. The first-order valence-corrected chi connectivity index (χ1v) is 7.12. The van der Waals surface area contributed by atoms with Crippen molar-refractivity contribution >= 4 is 5.91 Å². The molecule has 0 aliphatic carbocycles. The van der Waals surface area contributed by atoms with E-state index in [0.717, 1.165) is 5.75 Å². The van der Waals surface area contributed by atoms with Gasteiger partial charge in [0.15, 0.2) is 0 Å². The van der Waals surface area contributed by atoms with Gasteiger partial charge in [-0.2, -0.15) is 0 Å². The second-order valence-electron chi connectivity index (χ2n) is 5.75. The van der Waals surface area contributed by atoms with Gasteiger partial charge in [-0.1, -0.05) is 18.2 Å². The van der Waals surface area contributed by atoms with E-state index in [9.17, 15) is 4.79 Å². The van der Waals surface area contributed by atoms with Crippen LogP contribution in [0, 0.1) is 0 Å². The Morgan fingerprint density at radius 3 is 2.70 bits per heavy atom. The number of ether oxygens (including phenoxy) is 2. The minimum absolute atomic E-state index is 0.132. The lowest BCUT2D eigenvalue weighted by atomic mass is 10.0. The summed E-state index contributed by atoms with van der Waals surface area (Å²) in [7, 11) is 0. The third-order valence-electron chi connectivity index (χ3n) is 3.51. The Morgan fingerprint density at radius 1 is 1.40 bits per heavy atom. The Bertz CT molecular complexity index is 444. The second kappa shape index (κ2) is 6.27. The highest BCUT2D eigenvalue weighted by Gasteiger charge is 2.40. The molecule has 1 aromatic carbocycles. The molecule has 1 unspecified atom stereocenters. The van der Waals surface area contributed by atoms with Crippen molar-refractivity contribution in [3.63, 3.8) is 0 Å². The van der Waals surface area contributed by atoms with Gasteiger partial charge in [-0.3, -0.25) is 4.79 Å². The minimum atomic E-state index is -0.212. The largest absolute Gasteiger partial charge is 0.494 e. The highest BCUT2D eigenvalue weighted by molar-refractivity contribution is 5.77. The molecule has 1 heterocycles. The zero-order valence-corrected chi connectivity index (χ0v) is 12.5. The lowest BCUT2D eigenvalue weighted by Crippen LogP contribution is -2.47. The quantitative estimate of drug-likeness (QED) is 0.777. The fraction of sp³-hybridized carbons (Fsp3) is 0.562. The molecular formula is C16H23NO3. The first-order valence-electron chi connectivity index (χ1n) is 7.12. The van der Waals surface area contributed by atoms with Gasteiger partial charge in [0.1, 0.15) is 12.0 Å². The van der Waals surface area contributed by atoms with E-state index in [1.807, 2.05) is 56.0 Å². The zero-order chi connectivity index (χ0) is 14.6. The fourth-order valence-corrected chi connectivity index (χ4v) is 2.55. The van der Waals surface area contributed by atoms with Crippen molar-refractivity contribution in [2.45, 2.75) is 45.4 Å². The Hall–Kier alpha value is -1.55. The van der Waals surface area contributed by atoms with Crippen molar-refractivity contribution in [2.75, 3.05) is 13.2 Å². The second-order valence-corrected chi connectivity index (χ2v) is 5.75. The van der Waals surface area contributed by atoms with Crippen LogP contribution >= 0.6 is 0 Å². The summed E-state index contributed by atoms with van der Waals surface area (Å²) >= 11 is 0. The number of carbonyl (C=O) groups excluding carboxylic acids is 1. The van der Waals surface area contributed by atoms with Gasteiger partial charge in [0.2, 0.25) is 5.91 Å². The van der Waals surface area contributed by atoms with Crippen molar-refractivity contribution in [1.82, 2.24) is 4.90 Å². The number of hydrogen-bond donors (Lipinski definition) is 0. The van der Waals surface area contributed by atoms with Crippen LogP contribution in [0.25, 0.3) is 0 Å². The molecule has 4 nitrogen and oxygen atoms in total. The van der Waals surface area contributed by atoms with Crippen LogP contribution < -0.4 is 4.74 Å². The van der Waals surface area contributed by atoms with Gasteiger partial charge >= 0.3 is 0 Å². The molecule has 0 aromatic heterocycles. The Morgan fingerprint density at radius 2 is 2.10 bits per heavy atom. The van der Waals surface area contributed by atoms with E-state index in [-0.39, 0.29) is 17.7 Å². The molecule has 0 spiro atoms. The summed E-state index contributed by atoms with van der Waals surface area (Å²) in [6, 6.07) is 9.66. The first-order chi connectivity index (χ1) is 9.50. The van der Waals surface area contributed by atoms with E-state index in [4.69, 9.17) is 9.47 Å². The number of para-hydroxylation sites is 1. The van der Waals surface area contributed by atoms with Crippen LogP contribution in [-0.4, -0.2) is 35.8 Å². The van der Waals surface area contributed by atoms with Crippen molar-refractivity contribution in [2.24, 2.45) is 0 Å². The molecule has 0 bridgehead atoms. The van der Waals surface area contributed by atoms with Gasteiger partial charge in [0, 0.05) is 6.42 Å². The fourth-order valence-electron chi connectivity index (χ4n) is 2.55. The molecular weight excluding hydrogens is 254 g/mol. The molecule has 0 N–H and O–H groups in total. The highest BCUT2D eigenvalue weighted by atomic mass is 16.5. The molecule has 1 aliphatic heterocycles. The number of benzene rings is 1. The third-order valence-corrected chi connectivity index (χ3v) is 3.51. The van der Waals surface area contributed by atoms with Crippen LogP contribution in [0.5, 0.6) is 5.75 Å². The molecule has 1 fully saturated rings. The van der Waals surface area contributed by atoms with Crippen LogP contribution in [0.4, 0.5) is 0 Å². The SMILES string of the molecule is CC1OCC(C)(C)N1C(=O)CCCOc1ccccc1. The molecule has 0 radical (unpaired) electrons. The summed E-state index contributed by atoms with van der Waals surface area (Å²) in [5.41, 5.74) is -0.212. The Labute approximate surface area is 120 Å². The molecule has 110 valence electrons. The zero-order valence-electron chi connectivity index (χ0n) is 12.5. The monoisotopic (exact) mass is 277 g/mol.